The van der Waals surface area contributed by atoms with Crippen LogP contribution >= 0.6 is 0 Å². The molecule has 0 spiro atoms. The normalized spacial score (nSPS) is 15.1. The maximum absolute atomic E-state index is 11.1. The van der Waals surface area contributed by atoms with Gasteiger partial charge in [0.2, 0.25) is 5.91 Å². The van der Waals surface area contributed by atoms with Crippen molar-refractivity contribution in [3.63, 3.8) is 0 Å². The number of amides is 1. The molecule has 1 amide bonds. The molecule has 1 atom stereocenters. The second-order valence-electron chi connectivity index (χ2n) is 5.47. The molecule has 1 unspecified atom stereocenters. The van der Waals surface area contributed by atoms with Crippen LogP contribution in [0.25, 0.3) is 0 Å². The van der Waals surface area contributed by atoms with E-state index in [2.05, 4.69) is 0 Å². The highest BCUT2D eigenvalue weighted by atomic mass is 16.6. The number of carbonyl (C=O) groups is 1. The molecule has 0 aliphatic heterocycles. The van der Waals surface area contributed by atoms with E-state index in [0.717, 1.165) is 5.56 Å². The molecule has 4 heteroatoms. The second-order valence-corrected chi connectivity index (χ2v) is 5.47. The van der Waals surface area contributed by atoms with E-state index in [-0.39, 0.29) is 12.8 Å². The highest BCUT2D eigenvalue weighted by molar-refractivity contribution is 5.74. The van der Waals surface area contributed by atoms with Crippen molar-refractivity contribution in [3.05, 3.63) is 35.9 Å². The molecule has 0 saturated heterocycles. The van der Waals surface area contributed by atoms with Gasteiger partial charge in [-0.1, -0.05) is 30.3 Å². The van der Waals surface area contributed by atoms with E-state index in [0.29, 0.717) is 0 Å². The van der Waals surface area contributed by atoms with Crippen LogP contribution in [0, 0.1) is 0 Å². The van der Waals surface area contributed by atoms with Gasteiger partial charge in [0.1, 0.15) is 0 Å². The molecular formula is C14H21NO3. The largest absolute Gasteiger partial charge is 0.370 e. The third kappa shape index (κ3) is 5.29. The summed E-state index contributed by atoms with van der Waals surface area (Å²) in [5, 5.41) is 10.4. The lowest BCUT2D eigenvalue weighted by atomic mass is 10.0. The number of rotatable bonds is 5. The summed E-state index contributed by atoms with van der Waals surface area (Å²) < 4.78 is 5.59. The standard InChI is InChI=1S/C14H21NO3/c1-13(2,3)18-14(17,10-12(15)16)9-11-7-5-4-6-8-11/h4-8,17H,9-10H2,1-3H3,(H2,15,16). The van der Waals surface area contributed by atoms with Crippen LogP contribution in [-0.2, 0) is 16.0 Å². The minimum absolute atomic E-state index is 0.223. The first kappa shape index (κ1) is 14.7. The minimum atomic E-state index is -1.56. The van der Waals surface area contributed by atoms with Gasteiger partial charge in [0.15, 0.2) is 5.79 Å². The third-order valence-corrected chi connectivity index (χ3v) is 2.27. The van der Waals surface area contributed by atoms with Crippen molar-refractivity contribution < 1.29 is 14.6 Å². The Hall–Kier alpha value is -1.39. The smallest absolute Gasteiger partial charge is 0.222 e. The van der Waals surface area contributed by atoms with Crippen LogP contribution in [-0.4, -0.2) is 22.4 Å². The molecule has 3 N–H and O–H groups in total. The summed E-state index contributed by atoms with van der Waals surface area (Å²) in [7, 11) is 0. The fourth-order valence-electron chi connectivity index (χ4n) is 1.89. The highest BCUT2D eigenvalue weighted by Gasteiger charge is 2.35. The zero-order valence-electron chi connectivity index (χ0n) is 11.1. The van der Waals surface area contributed by atoms with Crippen molar-refractivity contribution in [2.45, 2.75) is 45.0 Å². The Morgan fingerprint density at radius 2 is 1.83 bits per heavy atom. The maximum atomic E-state index is 11.1. The molecule has 0 fully saturated rings. The van der Waals surface area contributed by atoms with Crippen molar-refractivity contribution in [2.24, 2.45) is 5.73 Å². The first-order valence-electron chi connectivity index (χ1n) is 5.95. The second kappa shape index (κ2) is 5.50. The van der Waals surface area contributed by atoms with Crippen LogP contribution in [0.3, 0.4) is 0 Å². The number of hydrogen-bond donors (Lipinski definition) is 2. The lowest BCUT2D eigenvalue weighted by Gasteiger charge is -2.34. The monoisotopic (exact) mass is 251 g/mol. The van der Waals surface area contributed by atoms with Crippen LogP contribution in [0.4, 0.5) is 0 Å². The zero-order valence-corrected chi connectivity index (χ0v) is 11.1. The number of primary amides is 1. The average Bonchev–Trinajstić information content (AvgIpc) is 2.13. The Labute approximate surface area is 108 Å². The number of aliphatic hydroxyl groups is 1. The van der Waals surface area contributed by atoms with E-state index >= 15 is 0 Å². The van der Waals surface area contributed by atoms with Gasteiger partial charge in [-0.05, 0) is 26.3 Å². The molecule has 100 valence electrons. The molecule has 0 bridgehead atoms. The Morgan fingerprint density at radius 1 is 1.28 bits per heavy atom. The van der Waals surface area contributed by atoms with Gasteiger partial charge in [-0.2, -0.15) is 0 Å². The molecular weight excluding hydrogens is 230 g/mol. The van der Waals surface area contributed by atoms with E-state index in [4.69, 9.17) is 10.5 Å². The van der Waals surface area contributed by atoms with Gasteiger partial charge in [-0.15, -0.1) is 0 Å². The van der Waals surface area contributed by atoms with Crippen LogP contribution < -0.4 is 5.73 Å². The predicted molar refractivity (Wildman–Crippen MR) is 69.7 cm³/mol. The summed E-state index contributed by atoms with van der Waals surface area (Å²) in [6.07, 6.45) is 0.00716. The molecule has 1 rings (SSSR count). The van der Waals surface area contributed by atoms with Crippen molar-refractivity contribution in [3.8, 4) is 0 Å². The number of benzene rings is 1. The topological polar surface area (TPSA) is 72.6 Å². The molecule has 0 radical (unpaired) electrons. The molecule has 0 aliphatic carbocycles. The van der Waals surface area contributed by atoms with Crippen LogP contribution in [0.1, 0.15) is 32.8 Å². The summed E-state index contributed by atoms with van der Waals surface area (Å²) in [6, 6.07) is 9.38. The Morgan fingerprint density at radius 3 is 2.28 bits per heavy atom. The van der Waals surface area contributed by atoms with E-state index in [1.807, 2.05) is 51.1 Å². The van der Waals surface area contributed by atoms with Gasteiger partial charge < -0.3 is 15.6 Å². The lowest BCUT2D eigenvalue weighted by Crippen LogP contribution is -2.44. The number of nitrogens with two attached hydrogens (primary N) is 1. The summed E-state index contributed by atoms with van der Waals surface area (Å²) >= 11 is 0. The molecule has 0 heterocycles. The number of carbonyl (C=O) groups excluding carboxylic acids is 1. The fourth-order valence-corrected chi connectivity index (χ4v) is 1.89. The van der Waals surface area contributed by atoms with E-state index < -0.39 is 17.3 Å². The quantitative estimate of drug-likeness (QED) is 0.781. The molecule has 1 aromatic carbocycles. The van der Waals surface area contributed by atoms with Crippen molar-refractivity contribution in [1.82, 2.24) is 0 Å². The molecule has 0 aromatic heterocycles. The summed E-state index contributed by atoms with van der Waals surface area (Å²) in [6.45, 7) is 5.47. The van der Waals surface area contributed by atoms with Crippen LogP contribution in [0.2, 0.25) is 0 Å². The Bertz CT molecular complexity index is 397. The zero-order chi connectivity index (χ0) is 13.8. The SMILES string of the molecule is CC(C)(C)OC(O)(CC(N)=O)Cc1ccccc1. The van der Waals surface area contributed by atoms with Gasteiger partial charge in [0, 0.05) is 6.42 Å². The summed E-state index contributed by atoms with van der Waals surface area (Å²) in [4.78, 5) is 11.1. The Balaban J connectivity index is 2.87. The third-order valence-electron chi connectivity index (χ3n) is 2.27. The molecule has 0 saturated carbocycles. The molecule has 18 heavy (non-hydrogen) atoms. The van der Waals surface area contributed by atoms with Gasteiger partial charge in [-0.3, -0.25) is 4.79 Å². The van der Waals surface area contributed by atoms with Crippen molar-refractivity contribution >= 4 is 5.91 Å². The van der Waals surface area contributed by atoms with Gasteiger partial charge >= 0.3 is 0 Å². The lowest BCUT2D eigenvalue weighted by molar-refractivity contribution is -0.251. The van der Waals surface area contributed by atoms with Gasteiger partial charge in [0.25, 0.3) is 0 Å². The van der Waals surface area contributed by atoms with Gasteiger partial charge in [0.05, 0.1) is 12.0 Å². The molecule has 1 aromatic rings. The number of ether oxygens (including phenoxy) is 1. The Kier molecular flexibility index (Phi) is 4.48. The first-order chi connectivity index (χ1) is 8.20. The average molecular weight is 251 g/mol. The molecule has 4 nitrogen and oxygen atoms in total. The van der Waals surface area contributed by atoms with Crippen LogP contribution in [0.15, 0.2) is 30.3 Å². The van der Waals surface area contributed by atoms with E-state index in [1.54, 1.807) is 0 Å². The maximum Gasteiger partial charge on any atom is 0.222 e. The predicted octanol–water partition coefficient (Wildman–Crippen LogP) is 1.61. The van der Waals surface area contributed by atoms with Gasteiger partial charge in [-0.25, -0.2) is 0 Å². The fraction of sp³-hybridized carbons (Fsp3) is 0.500. The van der Waals surface area contributed by atoms with E-state index in [1.165, 1.54) is 0 Å². The van der Waals surface area contributed by atoms with Crippen molar-refractivity contribution in [2.75, 3.05) is 0 Å². The summed E-state index contributed by atoms with van der Waals surface area (Å²) in [5.74, 6) is -2.15. The minimum Gasteiger partial charge on any atom is -0.370 e. The first-order valence-corrected chi connectivity index (χ1v) is 5.95. The number of hydrogen-bond acceptors (Lipinski definition) is 3. The van der Waals surface area contributed by atoms with Crippen LogP contribution in [0.5, 0.6) is 0 Å². The van der Waals surface area contributed by atoms with Crippen molar-refractivity contribution in [1.29, 1.82) is 0 Å². The highest BCUT2D eigenvalue weighted by Crippen LogP contribution is 2.25. The van der Waals surface area contributed by atoms with E-state index in [9.17, 15) is 9.90 Å². The molecule has 0 aliphatic rings. The summed E-state index contributed by atoms with van der Waals surface area (Å²) in [5.41, 5.74) is 5.51.